The van der Waals surface area contributed by atoms with Gasteiger partial charge in [-0.2, -0.15) is 0 Å². The summed E-state index contributed by atoms with van der Waals surface area (Å²) in [5.41, 5.74) is 6.23. The van der Waals surface area contributed by atoms with E-state index in [1.165, 1.54) is 0 Å². The lowest BCUT2D eigenvalue weighted by atomic mass is 9.96. The number of hydrogen-bond donors (Lipinski definition) is 1. The Kier molecular flexibility index (Phi) is 5.96. The number of likely N-dealkylation sites (tertiary alicyclic amines) is 1. The van der Waals surface area contributed by atoms with Crippen LogP contribution >= 0.6 is 11.8 Å². The number of oxazole rings is 1. The first-order valence-electron chi connectivity index (χ1n) is 11.5. The van der Waals surface area contributed by atoms with E-state index in [2.05, 4.69) is 36.1 Å². The van der Waals surface area contributed by atoms with Crippen LogP contribution in [-0.2, 0) is 11.3 Å². The number of hydrogen-bond acceptors (Lipinski definition) is 5. The molecule has 0 amide bonds. The van der Waals surface area contributed by atoms with Crippen molar-refractivity contribution >= 4 is 28.8 Å². The summed E-state index contributed by atoms with van der Waals surface area (Å²) in [4.78, 5) is 20.0. The molecule has 5 nitrogen and oxygen atoms in total. The molecule has 5 rings (SSSR count). The number of fused-ring (bicyclic) bond motifs is 1. The maximum absolute atomic E-state index is 11.9. The molecule has 34 heavy (non-hydrogen) atoms. The standard InChI is InChI=1S/C28H28N2O3S/c1-18-21(19-9-5-4-6-10-19)11-7-12-22(18)26-29-23-15-20(25(34-3)16-24(23)33-26)17-30-14-8-13-28(30,2)27(31)32/h4-7,9-12,15-16H,8,13-14,17H2,1-3H3,(H,31,32). The summed E-state index contributed by atoms with van der Waals surface area (Å²) in [6, 6.07) is 20.6. The highest BCUT2D eigenvalue weighted by Gasteiger charge is 2.43. The Balaban J connectivity index is 1.53. The molecule has 4 aromatic rings. The molecule has 1 unspecified atom stereocenters. The van der Waals surface area contributed by atoms with E-state index in [1.807, 2.05) is 49.6 Å². The molecule has 1 N–H and O–H groups in total. The van der Waals surface area contributed by atoms with Gasteiger partial charge in [0.15, 0.2) is 5.58 Å². The van der Waals surface area contributed by atoms with Crippen molar-refractivity contribution in [1.29, 1.82) is 0 Å². The minimum Gasteiger partial charge on any atom is -0.480 e. The number of rotatable bonds is 6. The van der Waals surface area contributed by atoms with Gasteiger partial charge in [0.1, 0.15) is 11.1 Å². The van der Waals surface area contributed by atoms with E-state index >= 15 is 0 Å². The zero-order valence-corrected chi connectivity index (χ0v) is 20.5. The Labute approximate surface area is 203 Å². The number of nitrogens with zero attached hydrogens (tertiary/aromatic N) is 2. The highest BCUT2D eigenvalue weighted by Crippen LogP contribution is 2.37. The largest absolute Gasteiger partial charge is 0.480 e. The number of aliphatic carboxylic acids is 1. The van der Waals surface area contributed by atoms with Gasteiger partial charge in [-0.3, -0.25) is 9.69 Å². The summed E-state index contributed by atoms with van der Waals surface area (Å²) >= 11 is 1.65. The molecule has 1 fully saturated rings. The molecule has 1 aromatic heterocycles. The molecule has 3 aromatic carbocycles. The van der Waals surface area contributed by atoms with E-state index in [-0.39, 0.29) is 0 Å². The topological polar surface area (TPSA) is 66.6 Å². The normalized spacial score (nSPS) is 18.6. The van der Waals surface area contributed by atoms with Crippen molar-refractivity contribution in [2.75, 3.05) is 12.8 Å². The summed E-state index contributed by atoms with van der Waals surface area (Å²) in [6.45, 7) is 5.30. The fourth-order valence-electron chi connectivity index (χ4n) is 4.95. The van der Waals surface area contributed by atoms with Crippen molar-refractivity contribution in [3.63, 3.8) is 0 Å². The van der Waals surface area contributed by atoms with Gasteiger partial charge in [0.05, 0.1) is 0 Å². The van der Waals surface area contributed by atoms with Crippen molar-refractivity contribution in [2.24, 2.45) is 0 Å². The summed E-state index contributed by atoms with van der Waals surface area (Å²) in [7, 11) is 0. The summed E-state index contributed by atoms with van der Waals surface area (Å²) in [5.74, 6) is -0.152. The molecule has 1 aliphatic heterocycles. The van der Waals surface area contributed by atoms with E-state index in [4.69, 9.17) is 9.40 Å². The molecule has 0 aliphatic carbocycles. The van der Waals surface area contributed by atoms with Crippen LogP contribution in [0, 0.1) is 6.92 Å². The predicted molar refractivity (Wildman–Crippen MR) is 137 cm³/mol. The van der Waals surface area contributed by atoms with Crippen molar-refractivity contribution in [2.45, 2.75) is 43.7 Å². The molecule has 174 valence electrons. The minimum absolute atomic E-state index is 0.583. The zero-order chi connectivity index (χ0) is 23.9. The van der Waals surface area contributed by atoms with Gasteiger partial charge in [0.25, 0.3) is 0 Å². The van der Waals surface area contributed by atoms with Crippen molar-refractivity contribution in [1.82, 2.24) is 9.88 Å². The fourth-order valence-corrected chi connectivity index (χ4v) is 5.56. The molecule has 0 radical (unpaired) electrons. The number of thioether (sulfide) groups is 1. The maximum Gasteiger partial charge on any atom is 0.323 e. The van der Waals surface area contributed by atoms with Crippen LogP contribution in [0.25, 0.3) is 33.7 Å². The lowest BCUT2D eigenvalue weighted by molar-refractivity contribution is -0.148. The average Bonchev–Trinajstić information content (AvgIpc) is 3.43. The number of carboxylic acid groups (broad SMARTS) is 1. The van der Waals surface area contributed by atoms with Crippen molar-refractivity contribution in [3.8, 4) is 22.6 Å². The van der Waals surface area contributed by atoms with Crippen LogP contribution < -0.4 is 0 Å². The molecule has 1 aliphatic rings. The van der Waals surface area contributed by atoms with Crippen LogP contribution in [-0.4, -0.2) is 39.3 Å². The summed E-state index contributed by atoms with van der Waals surface area (Å²) in [6.07, 6.45) is 3.60. The number of benzene rings is 3. The monoisotopic (exact) mass is 472 g/mol. The van der Waals surface area contributed by atoms with Crippen molar-refractivity contribution < 1.29 is 14.3 Å². The van der Waals surface area contributed by atoms with Gasteiger partial charge in [-0.15, -0.1) is 11.8 Å². The lowest BCUT2D eigenvalue weighted by Gasteiger charge is -2.31. The smallest absolute Gasteiger partial charge is 0.323 e. The lowest BCUT2D eigenvalue weighted by Crippen LogP contribution is -2.47. The molecule has 2 heterocycles. The van der Waals surface area contributed by atoms with Gasteiger partial charge in [0.2, 0.25) is 5.89 Å². The first-order valence-corrected chi connectivity index (χ1v) is 12.7. The second kappa shape index (κ2) is 8.93. The quantitative estimate of drug-likeness (QED) is 0.318. The Morgan fingerprint density at radius 2 is 1.91 bits per heavy atom. The molecule has 0 saturated carbocycles. The van der Waals surface area contributed by atoms with Crippen LogP contribution in [0.1, 0.15) is 30.9 Å². The second-order valence-electron chi connectivity index (χ2n) is 9.10. The number of aromatic nitrogens is 1. The van der Waals surface area contributed by atoms with Gasteiger partial charge < -0.3 is 9.52 Å². The fraction of sp³-hybridized carbons (Fsp3) is 0.286. The molecule has 1 saturated heterocycles. The second-order valence-corrected chi connectivity index (χ2v) is 9.95. The molecule has 0 bridgehead atoms. The predicted octanol–water partition coefficient (Wildman–Crippen LogP) is 6.63. The Morgan fingerprint density at radius 3 is 2.65 bits per heavy atom. The summed E-state index contributed by atoms with van der Waals surface area (Å²) < 4.78 is 6.24. The number of carbonyl (C=O) groups is 1. The van der Waals surface area contributed by atoms with E-state index in [1.54, 1.807) is 11.8 Å². The van der Waals surface area contributed by atoms with Crippen LogP contribution in [0.2, 0.25) is 0 Å². The van der Waals surface area contributed by atoms with Gasteiger partial charge in [0, 0.05) is 17.0 Å². The molecular weight excluding hydrogens is 444 g/mol. The third-order valence-electron chi connectivity index (χ3n) is 7.05. The van der Waals surface area contributed by atoms with Crippen molar-refractivity contribution in [3.05, 3.63) is 71.8 Å². The minimum atomic E-state index is -0.825. The SMILES string of the molecule is CSc1cc2oc(-c3cccc(-c4ccccc4)c3C)nc2cc1CN1CCCC1(C)C(=O)O. The highest BCUT2D eigenvalue weighted by atomic mass is 32.2. The van der Waals surface area contributed by atoms with Gasteiger partial charge in [-0.25, -0.2) is 4.98 Å². The third kappa shape index (κ3) is 3.91. The highest BCUT2D eigenvalue weighted by molar-refractivity contribution is 7.98. The van der Waals surface area contributed by atoms with Crippen LogP contribution in [0.15, 0.2) is 70.0 Å². The summed E-state index contributed by atoms with van der Waals surface area (Å²) in [5, 5.41) is 9.81. The molecule has 1 atom stereocenters. The third-order valence-corrected chi connectivity index (χ3v) is 7.87. The molecule has 6 heteroatoms. The molecule has 0 spiro atoms. The first-order chi connectivity index (χ1) is 16.4. The van der Waals surface area contributed by atoms with E-state index in [9.17, 15) is 9.90 Å². The Morgan fingerprint density at radius 1 is 1.15 bits per heavy atom. The zero-order valence-electron chi connectivity index (χ0n) is 19.7. The Hall–Kier alpha value is -3.09. The van der Waals surface area contributed by atoms with Gasteiger partial charge in [-0.05, 0) is 79.9 Å². The van der Waals surface area contributed by atoms with Gasteiger partial charge in [-0.1, -0.05) is 42.5 Å². The van der Waals surface area contributed by atoms with Crippen LogP contribution in [0.5, 0.6) is 0 Å². The maximum atomic E-state index is 11.9. The van der Waals surface area contributed by atoms with Crippen LogP contribution in [0.3, 0.4) is 0 Å². The first kappa shape index (κ1) is 22.7. The van der Waals surface area contributed by atoms with Gasteiger partial charge >= 0.3 is 5.97 Å². The average molecular weight is 473 g/mol. The van der Waals surface area contributed by atoms with E-state index < -0.39 is 11.5 Å². The molecular formula is C28H28N2O3S. The Bertz CT molecular complexity index is 1370. The van der Waals surface area contributed by atoms with E-state index in [0.29, 0.717) is 18.9 Å². The van der Waals surface area contributed by atoms with Crippen LogP contribution in [0.4, 0.5) is 0 Å². The number of carboxylic acids is 1. The van der Waals surface area contributed by atoms with E-state index in [0.717, 1.165) is 56.8 Å².